The van der Waals surface area contributed by atoms with Gasteiger partial charge in [-0.25, -0.2) is 0 Å². The number of carbonyl (C=O) groups excluding carboxylic acids is 1. The highest BCUT2D eigenvalue weighted by Crippen LogP contribution is 2.40. The normalized spacial score (nSPS) is 18.9. The van der Waals surface area contributed by atoms with Gasteiger partial charge >= 0.3 is 0 Å². The molecule has 0 bridgehead atoms. The van der Waals surface area contributed by atoms with Gasteiger partial charge in [-0.3, -0.25) is 9.69 Å². The minimum absolute atomic E-state index is 0.0446. The molecule has 1 aromatic carbocycles. The van der Waals surface area contributed by atoms with Crippen molar-refractivity contribution in [3.8, 4) is 0 Å². The number of benzene rings is 1. The van der Waals surface area contributed by atoms with Crippen LogP contribution in [0.3, 0.4) is 0 Å². The number of ether oxygens (including phenoxy) is 1. The fourth-order valence-corrected chi connectivity index (χ4v) is 4.66. The molecule has 4 rings (SSSR count). The zero-order chi connectivity index (χ0) is 23.2. The number of hydrogen-bond acceptors (Lipinski definition) is 6. The van der Waals surface area contributed by atoms with Gasteiger partial charge in [0.25, 0.3) is 5.91 Å². The second kappa shape index (κ2) is 11.3. The van der Waals surface area contributed by atoms with E-state index in [0.29, 0.717) is 23.6 Å². The summed E-state index contributed by atoms with van der Waals surface area (Å²) in [5, 5.41) is 10.8. The Hall–Kier alpha value is -2.22. The highest BCUT2D eigenvalue weighted by atomic mass is 16.5. The van der Waals surface area contributed by atoms with Gasteiger partial charge in [0.05, 0.1) is 6.04 Å². The summed E-state index contributed by atoms with van der Waals surface area (Å²) >= 11 is 0. The van der Waals surface area contributed by atoms with E-state index in [0.717, 1.165) is 69.7 Å². The molecule has 0 radical (unpaired) electrons. The summed E-state index contributed by atoms with van der Waals surface area (Å²) in [4.78, 5) is 15.5. The average molecular weight is 455 g/mol. The molecule has 2 aromatic rings. The maximum absolute atomic E-state index is 13.1. The maximum Gasteiger partial charge on any atom is 0.273 e. The lowest BCUT2D eigenvalue weighted by Crippen LogP contribution is -2.39. The SMILES string of the molecule is COCCC(C)N(C)Cc1cccc(C(NC(=O)c2cc(C3CC3)on2)C2CCNCC2)c1. The third-order valence-electron chi connectivity index (χ3n) is 7.12. The lowest BCUT2D eigenvalue weighted by Gasteiger charge is -2.32. The Morgan fingerprint density at radius 1 is 1.27 bits per heavy atom. The van der Waals surface area contributed by atoms with Crippen LogP contribution in [0.15, 0.2) is 34.9 Å². The van der Waals surface area contributed by atoms with E-state index < -0.39 is 0 Å². The molecule has 33 heavy (non-hydrogen) atoms. The molecule has 1 saturated carbocycles. The molecule has 2 fully saturated rings. The van der Waals surface area contributed by atoms with Crippen LogP contribution in [0.1, 0.15) is 78.4 Å². The molecule has 180 valence electrons. The number of nitrogens with one attached hydrogen (secondary N) is 2. The molecular formula is C26H38N4O3. The molecule has 1 aromatic heterocycles. The molecule has 1 saturated heterocycles. The van der Waals surface area contributed by atoms with Crippen molar-refractivity contribution in [2.24, 2.45) is 5.92 Å². The summed E-state index contributed by atoms with van der Waals surface area (Å²) in [5.74, 6) is 1.52. The number of nitrogens with zero attached hydrogens (tertiary/aromatic N) is 2. The van der Waals surface area contributed by atoms with E-state index in [1.165, 1.54) is 5.56 Å². The third kappa shape index (κ3) is 6.43. The van der Waals surface area contributed by atoms with Gasteiger partial charge in [-0.2, -0.15) is 0 Å². The van der Waals surface area contributed by atoms with Crippen molar-refractivity contribution in [2.75, 3.05) is 33.9 Å². The van der Waals surface area contributed by atoms with Gasteiger partial charge in [0.2, 0.25) is 0 Å². The molecule has 7 heteroatoms. The smallest absolute Gasteiger partial charge is 0.273 e. The number of methoxy groups -OCH3 is 1. The van der Waals surface area contributed by atoms with Crippen LogP contribution in [0, 0.1) is 5.92 Å². The molecule has 2 aliphatic rings. The number of aromatic nitrogens is 1. The predicted octanol–water partition coefficient (Wildman–Crippen LogP) is 3.88. The van der Waals surface area contributed by atoms with Crippen molar-refractivity contribution in [2.45, 2.75) is 63.6 Å². The minimum Gasteiger partial charge on any atom is -0.385 e. The van der Waals surface area contributed by atoms with Gasteiger partial charge in [-0.1, -0.05) is 29.4 Å². The Morgan fingerprint density at radius 3 is 2.79 bits per heavy atom. The standard InChI is InChI=1S/C26H38N4O3/c1-18(11-14-32-3)30(2)17-19-5-4-6-22(15-19)25(21-9-12-27-13-10-21)28-26(31)23-16-24(33-29-23)20-7-8-20/h4-6,15-16,18,20-21,25,27H,7-14,17H2,1-3H3,(H,28,31). The quantitative estimate of drug-likeness (QED) is 0.536. The van der Waals surface area contributed by atoms with E-state index in [2.05, 4.69) is 58.9 Å². The van der Waals surface area contributed by atoms with Gasteiger partial charge in [-0.05, 0) is 76.2 Å². The van der Waals surface area contributed by atoms with Crippen LogP contribution in [-0.4, -0.2) is 55.9 Å². The van der Waals surface area contributed by atoms with Crippen molar-refractivity contribution in [3.63, 3.8) is 0 Å². The molecule has 1 aliphatic carbocycles. The first kappa shape index (κ1) is 23.9. The lowest BCUT2D eigenvalue weighted by molar-refractivity contribution is 0.0904. The Kier molecular flexibility index (Phi) is 8.17. The first-order valence-corrected chi connectivity index (χ1v) is 12.3. The third-order valence-corrected chi connectivity index (χ3v) is 7.12. The minimum atomic E-state index is -0.148. The van der Waals surface area contributed by atoms with Crippen LogP contribution in [0.4, 0.5) is 0 Å². The Morgan fingerprint density at radius 2 is 2.06 bits per heavy atom. The molecule has 2 atom stereocenters. The van der Waals surface area contributed by atoms with E-state index in [-0.39, 0.29) is 11.9 Å². The van der Waals surface area contributed by atoms with Gasteiger partial charge < -0.3 is 19.9 Å². The summed E-state index contributed by atoms with van der Waals surface area (Å²) in [6.45, 7) is 5.81. The van der Waals surface area contributed by atoms with E-state index in [4.69, 9.17) is 9.26 Å². The van der Waals surface area contributed by atoms with Crippen molar-refractivity contribution in [3.05, 3.63) is 52.9 Å². The van der Waals surface area contributed by atoms with Crippen LogP contribution >= 0.6 is 0 Å². The lowest BCUT2D eigenvalue weighted by atomic mass is 9.85. The Labute approximate surface area is 197 Å². The van der Waals surface area contributed by atoms with Gasteiger partial charge in [-0.15, -0.1) is 0 Å². The van der Waals surface area contributed by atoms with Crippen molar-refractivity contribution >= 4 is 5.91 Å². The highest BCUT2D eigenvalue weighted by Gasteiger charge is 2.31. The van der Waals surface area contributed by atoms with E-state index in [1.807, 2.05) is 6.07 Å². The van der Waals surface area contributed by atoms with E-state index in [9.17, 15) is 4.79 Å². The molecular weight excluding hydrogens is 416 g/mol. The van der Waals surface area contributed by atoms with Crippen molar-refractivity contribution < 1.29 is 14.1 Å². The largest absolute Gasteiger partial charge is 0.385 e. The maximum atomic E-state index is 13.1. The van der Waals surface area contributed by atoms with Gasteiger partial charge in [0.1, 0.15) is 5.76 Å². The number of amides is 1. The molecule has 2 heterocycles. The summed E-state index contributed by atoms with van der Waals surface area (Å²) in [6, 6.07) is 10.9. The fourth-order valence-electron chi connectivity index (χ4n) is 4.66. The average Bonchev–Trinajstić information content (AvgIpc) is 3.57. The summed E-state index contributed by atoms with van der Waals surface area (Å²) < 4.78 is 10.7. The monoisotopic (exact) mass is 454 g/mol. The molecule has 1 amide bonds. The first-order valence-electron chi connectivity index (χ1n) is 12.3. The van der Waals surface area contributed by atoms with Gasteiger partial charge in [0, 0.05) is 38.3 Å². The second-order valence-corrected chi connectivity index (χ2v) is 9.72. The summed E-state index contributed by atoms with van der Waals surface area (Å²) in [5.41, 5.74) is 2.81. The highest BCUT2D eigenvalue weighted by molar-refractivity contribution is 5.92. The summed E-state index contributed by atoms with van der Waals surface area (Å²) in [6.07, 6.45) is 5.32. The Balaban J connectivity index is 1.49. The van der Waals surface area contributed by atoms with E-state index >= 15 is 0 Å². The predicted molar refractivity (Wildman–Crippen MR) is 128 cm³/mol. The van der Waals surface area contributed by atoms with Crippen molar-refractivity contribution in [1.82, 2.24) is 20.7 Å². The first-order chi connectivity index (χ1) is 16.0. The van der Waals surface area contributed by atoms with Crippen LogP contribution < -0.4 is 10.6 Å². The topological polar surface area (TPSA) is 79.6 Å². The number of carbonyl (C=O) groups is 1. The molecule has 1 aliphatic heterocycles. The molecule has 2 unspecified atom stereocenters. The van der Waals surface area contributed by atoms with Crippen LogP contribution in [0.25, 0.3) is 0 Å². The molecule has 2 N–H and O–H groups in total. The molecule has 0 spiro atoms. The van der Waals surface area contributed by atoms with Crippen LogP contribution in [0.2, 0.25) is 0 Å². The van der Waals surface area contributed by atoms with E-state index in [1.54, 1.807) is 7.11 Å². The van der Waals surface area contributed by atoms with Crippen LogP contribution in [-0.2, 0) is 11.3 Å². The molecule has 7 nitrogen and oxygen atoms in total. The number of piperidine rings is 1. The second-order valence-electron chi connectivity index (χ2n) is 9.72. The Bertz CT molecular complexity index is 904. The number of hydrogen-bond donors (Lipinski definition) is 2. The van der Waals surface area contributed by atoms with Gasteiger partial charge in [0.15, 0.2) is 5.69 Å². The van der Waals surface area contributed by atoms with Crippen molar-refractivity contribution in [1.29, 1.82) is 0 Å². The zero-order valence-corrected chi connectivity index (χ0v) is 20.2. The number of rotatable bonds is 11. The summed E-state index contributed by atoms with van der Waals surface area (Å²) in [7, 11) is 3.90. The zero-order valence-electron chi connectivity index (χ0n) is 20.2. The fraction of sp³-hybridized carbons (Fsp3) is 0.615. The van der Waals surface area contributed by atoms with Crippen LogP contribution in [0.5, 0.6) is 0 Å².